The molecule has 0 saturated heterocycles. The van der Waals surface area contributed by atoms with Crippen LogP contribution in [0, 0.1) is 0 Å². The van der Waals surface area contributed by atoms with Crippen molar-refractivity contribution in [3.05, 3.63) is 0 Å². The Morgan fingerprint density at radius 2 is 2.00 bits per heavy atom. The van der Waals surface area contributed by atoms with Crippen molar-refractivity contribution in [1.29, 1.82) is 0 Å². The fourth-order valence-electron chi connectivity index (χ4n) is 0.843. The van der Waals surface area contributed by atoms with Crippen LogP contribution in [0.25, 0.3) is 0 Å². The number of amides is 1. The number of hydrogen-bond acceptors (Lipinski definition) is 4. The second-order valence-corrected chi connectivity index (χ2v) is 2.37. The highest BCUT2D eigenvalue weighted by atomic mass is 16.4. The molecule has 0 spiro atoms. The number of rotatable bonds is 5. The van der Waals surface area contributed by atoms with Gasteiger partial charge in [0.15, 0.2) is 0 Å². The van der Waals surface area contributed by atoms with Crippen molar-refractivity contribution < 1.29 is 14.7 Å². The quantitative estimate of drug-likeness (QED) is 0.496. The molecule has 5 heteroatoms. The average Bonchev–Trinajstić information content (AvgIpc) is 2.04. The van der Waals surface area contributed by atoms with Gasteiger partial charge in [0.05, 0.1) is 6.04 Å². The number of aliphatic carboxylic acids is 1. The first-order valence-corrected chi connectivity index (χ1v) is 3.70. The van der Waals surface area contributed by atoms with E-state index in [1.54, 1.807) is 7.05 Å². The molecule has 2 N–H and O–H groups in total. The zero-order valence-electron chi connectivity index (χ0n) is 7.22. The lowest BCUT2D eigenvalue weighted by Gasteiger charge is -2.14. The number of carboxylic acid groups (broad SMARTS) is 1. The fraction of sp³-hybridized carbons (Fsp3) is 0.714. The van der Waals surface area contributed by atoms with Gasteiger partial charge < -0.3 is 20.5 Å². The molecule has 0 bridgehead atoms. The maximum absolute atomic E-state index is 11.0. The summed E-state index contributed by atoms with van der Waals surface area (Å²) in [4.78, 5) is 21.0. The van der Waals surface area contributed by atoms with Crippen molar-refractivity contribution in [3.8, 4) is 0 Å². The van der Waals surface area contributed by atoms with Gasteiger partial charge in [-0.3, -0.25) is 4.79 Å². The summed E-state index contributed by atoms with van der Waals surface area (Å²) in [7, 11) is 3.11. The van der Waals surface area contributed by atoms with Crippen LogP contribution in [-0.2, 0) is 9.59 Å². The number of hydrogen-bond donors (Lipinski definition) is 2. The summed E-state index contributed by atoms with van der Waals surface area (Å²) < 4.78 is 0. The van der Waals surface area contributed by atoms with E-state index >= 15 is 0 Å². The topological polar surface area (TPSA) is 81.3 Å². The summed E-state index contributed by atoms with van der Waals surface area (Å²) in [5.74, 6) is -1.35. The van der Waals surface area contributed by atoms with Crippen molar-refractivity contribution in [2.45, 2.75) is 18.9 Å². The normalized spacial score (nSPS) is 12.2. The van der Waals surface area contributed by atoms with E-state index in [4.69, 9.17) is 0 Å². The highest BCUT2D eigenvalue weighted by Gasteiger charge is 2.13. The molecule has 0 aromatic rings. The summed E-state index contributed by atoms with van der Waals surface area (Å²) in [6.07, 6.45) is 0.136. The molecule has 0 heterocycles. The van der Waals surface area contributed by atoms with Gasteiger partial charge in [-0.1, -0.05) is 0 Å². The van der Waals surface area contributed by atoms with Crippen LogP contribution in [0.15, 0.2) is 0 Å². The Hall–Kier alpha value is -1.10. The van der Waals surface area contributed by atoms with Gasteiger partial charge in [-0.05, 0) is 19.9 Å². The second-order valence-electron chi connectivity index (χ2n) is 2.37. The first kappa shape index (κ1) is 10.9. The molecular weight excluding hydrogens is 160 g/mol. The van der Waals surface area contributed by atoms with E-state index in [0.717, 1.165) is 0 Å². The third-order valence-corrected chi connectivity index (χ3v) is 1.55. The third-order valence-electron chi connectivity index (χ3n) is 1.55. The van der Waals surface area contributed by atoms with E-state index in [-0.39, 0.29) is 18.7 Å². The second kappa shape index (κ2) is 5.54. The lowest BCUT2D eigenvalue weighted by atomic mass is 10.1. The lowest BCUT2D eigenvalue weighted by Crippen LogP contribution is -2.42. The molecule has 0 aliphatic carbocycles. The van der Waals surface area contributed by atoms with Crippen molar-refractivity contribution in [3.63, 3.8) is 0 Å². The molecule has 1 amide bonds. The highest BCUT2D eigenvalue weighted by Crippen LogP contribution is 1.95. The highest BCUT2D eigenvalue weighted by molar-refractivity contribution is 5.81. The molecule has 1 atom stereocenters. The zero-order chi connectivity index (χ0) is 9.56. The van der Waals surface area contributed by atoms with Crippen molar-refractivity contribution in [2.24, 2.45) is 0 Å². The maximum atomic E-state index is 11.0. The maximum Gasteiger partial charge on any atom is 0.236 e. The molecule has 0 aromatic heterocycles. The standard InChI is InChI=1S/C7H14N2O3/c1-8-5(7(12)9-2)3-4-6(10)11/h5,8H,3-4H2,1-2H3,(H,9,12)(H,10,11)/p-1/t5-/m0/s1. The smallest absolute Gasteiger partial charge is 0.236 e. The van der Waals surface area contributed by atoms with E-state index in [1.165, 1.54) is 7.05 Å². The first-order valence-electron chi connectivity index (χ1n) is 3.70. The molecule has 5 nitrogen and oxygen atoms in total. The average molecular weight is 173 g/mol. The Morgan fingerprint density at radius 3 is 2.33 bits per heavy atom. The van der Waals surface area contributed by atoms with Crippen LogP contribution in [0.5, 0.6) is 0 Å². The molecular formula is C7H13N2O3-. The van der Waals surface area contributed by atoms with Crippen LogP contribution >= 0.6 is 0 Å². The summed E-state index contributed by atoms with van der Waals surface area (Å²) in [5, 5.41) is 15.2. The monoisotopic (exact) mass is 173 g/mol. The van der Waals surface area contributed by atoms with Gasteiger partial charge in [0.1, 0.15) is 0 Å². The number of carboxylic acids is 1. The minimum absolute atomic E-state index is 0.112. The van der Waals surface area contributed by atoms with Gasteiger partial charge in [-0.2, -0.15) is 0 Å². The molecule has 0 rings (SSSR count). The number of nitrogens with one attached hydrogen (secondary N) is 2. The molecule has 0 aliphatic rings. The Morgan fingerprint density at radius 1 is 1.42 bits per heavy atom. The van der Waals surface area contributed by atoms with Crippen LogP contribution in [0.1, 0.15) is 12.8 Å². The summed E-state index contributed by atoms with van der Waals surface area (Å²) in [6.45, 7) is 0. The molecule has 0 fully saturated rings. The predicted molar refractivity (Wildman–Crippen MR) is 41.2 cm³/mol. The Balaban J connectivity index is 3.83. The largest absolute Gasteiger partial charge is 0.550 e. The van der Waals surface area contributed by atoms with E-state index in [9.17, 15) is 14.7 Å². The molecule has 0 saturated carbocycles. The van der Waals surface area contributed by atoms with Crippen LogP contribution in [0.3, 0.4) is 0 Å². The molecule has 12 heavy (non-hydrogen) atoms. The molecule has 0 aromatic carbocycles. The van der Waals surface area contributed by atoms with Crippen LogP contribution in [0.4, 0.5) is 0 Å². The lowest BCUT2D eigenvalue weighted by molar-refractivity contribution is -0.305. The number of carbonyl (C=O) groups is 2. The van der Waals surface area contributed by atoms with E-state index in [0.29, 0.717) is 0 Å². The van der Waals surface area contributed by atoms with Gasteiger partial charge >= 0.3 is 0 Å². The van der Waals surface area contributed by atoms with Crippen molar-refractivity contribution >= 4 is 11.9 Å². The van der Waals surface area contributed by atoms with E-state index in [2.05, 4.69) is 10.6 Å². The Kier molecular flexibility index (Phi) is 5.03. The Labute approximate surface area is 71.1 Å². The minimum Gasteiger partial charge on any atom is -0.550 e. The molecule has 0 radical (unpaired) electrons. The predicted octanol–water partition coefficient (Wildman–Crippen LogP) is -2.15. The minimum atomic E-state index is -1.14. The first-order chi connectivity index (χ1) is 5.61. The summed E-state index contributed by atoms with van der Waals surface area (Å²) >= 11 is 0. The van der Waals surface area contributed by atoms with Crippen molar-refractivity contribution in [2.75, 3.05) is 14.1 Å². The number of likely N-dealkylation sites (N-methyl/N-ethyl adjacent to an activating group) is 2. The van der Waals surface area contributed by atoms with Gasteiger partial charge in [0.2, 0.25) is 5.91 Å². The zero-order valence-corrected chi connectivity index (χ0v) is 7.22. The molecule has 70 valence electrons. The molecule has 0 unspecified atom stereocenters. The van der Waals surface area contributed by atoms with Gasteiger partial charge in [-0.15, -0.1) is 0 Å². The Bertz CT molecular complexity index is 170. The van der Waals surface area contributed by atoms with Gasteiger partial charge in [0.25, 0.3) is 0 Å². The molecule has 0 aliphatic heterocycles. The van der Waals surface area contributed by atoms with E-state index in [1.807, 2.05) is 0 Å². The van der Waals surface area contributed by atoms with Crippen LogP contribution in [0.2, 0.25) is 0 Å². The van der Waals surface area contributed by atoms with E-state index < -0.39 is 12.0 Å². The summed E-state index contributed by atoms with van der Waals surface area (Å²) in [6, 6.07) is -0.451. The van der Waals surface area contributed by atoms with Gasteiger partial charge in [-0.25, -0.2) is 0 Å². The fourth-order valence-corrected chi connectivity index (χ4v) is 0.843. The SMILES string of the molecule is CNC(=O)[C@H](CCC(=O)[O-])NC. The summed E-state index contributed by atoms with van der Waals surface area (Å²) in [5.41, 5.74) is 0. The number of carbonyl (C=O) groups excluding carboxylic acids is 2. The van der Waals surface area contributed by atoms with Crippen molar-refractivity contribution in [1.82, 2.24) is 10.6 Å². The third kappa shape index (κ3) is 3.92. The van der Waals surface area contributed by atoms with Crippen LogP contribution < -0.4 is 15.7 Å². The van der Waals surface area contributed by atoms with Gasteiger partial charge in [0, 0.05) is 13.0 Å². The van der Waals surface area contributed by atoms with Crippen LogP contribution in [-0.4, -0.2) is 32.0 Å².